The molecule has 0 amide bonds. The number of H-pyrrole nitrogens is 1. The fourth-order valence-corrected chi connectivity index (χ4v) is 2.59. The molecule has 0 radical (unpaired) electrons. The summed E-state index contributed by atoms with van der Waals surface area (Å²) >= 11 is 0. The number of nitrogens with two attached hydrogens (primary N) is 2. The number of nitrogens with one attached hydrogen (secondary N) is 2. The fourth-order valence-electron chi connectivity index (χ4n) is 2.59. The van der Waals surface area contributed by atoms with Crippen LogP contribution in [0.1, 0.15) is 5.56 Å². The van der Waals surface area contributed by atoms with E-state index >= 15 is 0 Å². The maximum Gasteiger partial charge on any atom is 0.290 e. The number of nitrogens with zero attached hydrogens (tertiary/aromatic N) is 1. The first kappa shape index (κ1) is 17.2. The lowest BCUT2D eigenvalue weighted by Crippen LogP contribution is -2.31. The van der Waals surface area contributed by atoms with E-state index in [1.807, 2.05) is 0 Å². The Morgan fingerprint density at radius 3 is 2.27 bits per heavy atom. The molecule has 0 bridgehead atoms. The van der Waals surface area contributed by atoms with Crippen molar-refractivity contribution in [1.82, 2.24) is 10.4 Å². The lowest BCUT2D eigenvalue weighted by molar-refractivity contribution is 0.467. The highest BCUT2D eigenvalue weighted by molar-refractivity contribution is 5.98. The minimum Gasteiger partial charge on any atom is -0.503 e. The molecule has 3 rings (SSSR count). The second-order valence-electron chi connectivity index (χ2n) is 5.48. The number of aromatic amines is 1. The smallest absolute Gasteiger partial charge is 0.290 e. The third-order valence-electron chi connectivity index (χ3n) is 3.89. The Bertz CT molecular complexity index is 1010. The van der Waals surface area contributed by atoms with Crippen LogP contribution in [0.3, 0.4) is 0 Å². The topological polar surface area (TPSA) is 130 Å². The van der Waals surface area contributed by atoms with E-state index in [0.29, 0.717) is 33.8 Å². The lowest BCUT2D eigenvalue weighted by atomic mass is 9.98. The zero-order chi connectivity index (χ0) is 18.7. The first-order valence-corrected chi connectivity index (χ1v) is 7.61. The number of hydrogen-bond donors (Lipinski definition) is 5. The van der Waals surface area contributed by atoms with Gasteiger partial charge in [-0.3, -0.25) is 4.79 Å². The van der Waals surface area contributed by atoms with Gasteiger partial charge in [-0.05, 0) is 29.3 Å². The van der Waals surface area contributed by atoms with Crippen molar-refractivity contribution < 1.29 is 9.50 Å². The van der Waals surface area contributed by atoms with Gasteiger partial charge in [0, 0.05) is 11.1 Å². The van der Waals surface area contributed by atoms with Gasteiger partial charge in [0.15, 0.2) is 11.6 Å². The average Bonchev–Trinajstić information content (AvgIpc) is 2.66. The van der Waals surface area contributed by atoms with Crippen molar-refractivity contribution in [2.75, 3.05) is 0 Å². The number of rotatable bonds is 3. The largest absolute Gasteiger partial charge is 0.503 e. The number of halogens is 1. The maximum atomic E-state index is 13.2. The highest BCUT2D eigenvalue weighted by Gasteiger charge is 2.13. The minimum absolute atomic E-state index is 0.300. The Morgan fingerprint density at radius 2 is 1.69 bits per heavy atom. The van der Waals surface area contributed by atoms with Crippen molar-refractivity contribution >= 4 is 5.84 Å². The van der Waals surface area contributed by atoms with Gasteiger partial charge in [-0.2, -0.15) is 5.10 Å². The van der Waals surface area contributed by atoms with Gasteiger partial charge in [-0.1, -0.05) is 36.4 Å². The molecule has 0 spiro atoms. The first-order valence-electron chi connectivity index (χ1n) is 7.61. The second-order valence-corrected chi connectivity index (χ2v) is 5.48. The Labute approximate surface area is 147 Å². The van der Waals surface area contributed by atoms with Crippen LogP contribution < -0.4 is 22.7 Å². The zero-order valence-corrected chi connectivity index (χ0v) is 13.5. The van der Waals surface area contributed by atoms with Crippen LogP contribution in [0.15, 0.2) is 64.5 Å². The molecule has 8 heteroatoms. The summed E-state index contributed by atoms with van der Waals surface area (Å²) in [5.41, 5.74) is 4.78. The molecule has 2 aromatic carbocycles. The number of pyridine rings is 1. The molecular weight excluding hydrogens is 337 g/mol. The van der Waals surface area contributed by atoms with Crippen molar-refractivity contribution in [3.63, 3.8) is 0 Å². The number of hydrazone groups is 1. The van der Waals surface area contributed by atoms with E-state index < -0.39 is 11.3 Å². The molecule has 1 heterocycles. The van der Waals surface area contributed by atoms with Gasteiger partial charge >= 0.3 is 0 Å². The number of amidine groups is 1. The summed E-state index contributed by atoms with van der Waals surface area (Å²) in [5, 5.41) is 13.3. The van der Waals surface area contributed by atoms with E-state index in [2.05, 4.69) is 15.5 Å². The van der Waals surface area contributed by atoms with E-state index in [-0.39, 0.29) is 5.82 Å². The summed E-state index contributed by atoms with van der Waals surface area (Å²) in [5.74, 6) is 10.1. The summed E-state index contributed by atoms with van der Waals surface area (Å²) in [4.78, 5) is 14.5. The molecule has 26 heavy (non-hydrogen) atoms. The summed E-state index contributed by atoms with van der Waals surface area (Å²) in [6.07, 6.45) is 0. The SMILES string of the molecule is N/N=C(\NN)c1ccc(-c2[nH]c(=O)c(O)cc2-c2ccc(F)cc2)cc1. The lowest BCUT2D eigenvalue weighted by Gasteiger charge is -2.12. The van der Waals surface area contributed by atoms with E-state index in [9.17, 15) is 14.3 Å². The van der Waals surface area contributed by atoms with E-state index in [1.165, 1.54) is 18.2 Å². The van der Waals surface area contributed by atoms with Crippen molar-refractivity contribution in [3.05, 3.63) is 76.3 Å². The molecule has 3 aromatic rings. The highest BCUT2D eigenvalue weighted by Crippen LogP contribution is 2.31. The van der Waals surface area contributed by atoms with Crippen molar-refractivity contribution in [2.45, 2.75) is 0 Å². The van der Waals surface area contributed by atoms with Gasteiger partial charge in [-0.15, -0.1) is 0 Å². The number of hydrazine groups is 1. The number of aromatic nitrogens is 1. The van der Waals surface area contributed by atoms with Gasteiger partial charge in [0.2, 0.25) is 0 Å². The fraction of sp³-hybridized carbons (Fsp3) is 0. The van der Waals surface area contributed by atoms with Gasteiger partial charge in [0.25, 0.3) is 5.56 Å². The molecule has 0 fully saturated rings. The highest BCUT2D eigenvalue weighted by atomic mass is 19.1. The maximum absolute atomic E-state index is 13.2. The van der Waals surface area contributed by atoms with Gasteiger partial charge < -0.3 is 21.4 Å². The third kappa shape index (κ3) is 3.26. The summed E-state index contributed by atoms with van der Waals surface area (Å²) < 4.78 is 13.2. The number of hydrogen-bond acceptors (Lipinski definition) is 5. The van der Waals surface area contributed by atoms with Crippen LogP contribution >= 0.6 is 0 Å². The van der Waals surface area contributed by atoms with E-state index in [0.717, 1.165) is 0 Å². The summed E-state index contributed by atoms with van der Waals surface area (Å²) in [6, 6.07) is 14.0. The van der Waals surface area contributed by atoms with Crippen LogP contribution in [0.5, 0.6) is 5.75 Å². The zero-order valence-electron chi connectivity index (χ0n) is 13.5. The molecule has 0 aliphatic carbocycles. The van der Waals surface area contributed by atoms with Crippen LogP contribution in [-0.4, -0.2) is 15.9 Å². The van der Waals surface area contributed by atoms with Crippen molar-refractivity contribution in [1.29, 1.82) is 0 Å². The molecule has 0 aliphatic rings. The number of aromatic hydroxyl groups is 1. The molecular formula is C18H16FN5O2. The molecule has 0 unspecified atom stereocenters. The molecule has 7 N–H and O–H groups in total. The summed E-state index contributed by atoms with van der Waals surface area (Å²) in [7, 11) is 0. The Hall–Kier alpha value is -3.65. The van der Waals surface area contributed by atoms with Gasteiger partial charge in [-0.25, -0.2) is 10.2 Å². The van der Waals surface area contributed by atoms with Crippen LogP contribution in [0.2, 0.25) is 0 Å². The molecule has 132 valence electrons. The van der Waals surface area contributed by atoms with Crippen LogP contribution in [0.4, 0.5) is 4.39 Å². The normalized spacial score (nSPS) is 11.4. The first-order chi connectivity index (χ1) is 12.5. The second kappa shape index (κ2) is 7.08. The average molecular weight is 353 g/mol. The standard InChI is InChI=1S/C18H16FN5O2/c19-13-7-5-10(6-8-13)14-9-15(25)18(26)22-16(14)11-1-3-12(4-2-11)17(23-20)24-21/h1-9,25H,20-21H2,(H,22,26)(H,23,24). The Morgan fingerprint density at radius 1 is 1.08 bits per heavy atom. The van der Waals surface area contributed by atoms with Crippen LogP contribution in [0.25, 0.3) is 22.4 Å². The minimum atomic E-state index is -0.622. The quantitative estimate of drug-likeness (QED) is 0.211. The van der Waals surface area contributed by atoms with Gasteiger partial charge in [0.05, 0.1) is 5.69 Å². The van der Waals surface area contributed by atoms with Gasteiger partial charge in [0.1, 0.15) is 5.82 Å². The predicted molar refractivity (Wildman–Crippen MR) is 97.6 cm³/mol. The molecule has 0 saturated carbocycles. The van der Waals surface area contributed by atoms with Crippen LogP contribution in [0, 0.1) is 5.82 Å². The monoisotopic (exact) mass is 353 g/mol. The molecule has 0 aliphatic heterocycles. The van der Waals surface area contributed by atoms with Crippen molar-refractivity contribution in [2.24, 2.45) is 16.8 Å². The Kier molecular flexibility index (Phi) is 4.68. The van der Waals surface area contributed by atoms with E-state index in [4.69, 9.17) is 11.7 Å². The molecule has 0 saturated heterocycles. The van der Waals surface area contributed by atoms with Crippen LogP contribution in [-0.2, 0) is 0 Å². The molecule has 0 atom stereocenters. The predicted octanol–water partition coefficient (Wildman–Crippen LogP) is 1.64. The number of benzene rings is 2. The molecule has 1 aromatic heterocycles. The van der Waals surface area contributed by atoms with Crippen molar-refractivity contribution in [3.8, 4) is 28.1 Å². The molecule has 7 nitrogen and oxygen atoms in total. The Balaban J connectivity index is 2.14. The summed E-state index contributed by atoms with van der Waals surface area (Å²) in [6.45, 7) is 0. The van der Waals surface area contributed by atoms with E-state index in [1.54, 1.807) is 36.4 Å². The third-order valence-corrected chi connectivity index (χ3v) is 3.89.